The summed E-state index contributed by atoms with van der Waals surface area (Å²) in [6.45, 7) is 7.08. The standard InChI is InChI=1S/C14H30O6S2/c21-13-11-19-9-7-17-5-3-15-1-2-16-4-6-18-8-10-20-12-14-22/h21-22H,1-14H2. The lowest BCUT2D eigenvalue weighted by atomic mass is 10.7. The summed E-state index contributed by atoms with van der Waals surface area (Å²) in [7, 11) is 0. The normalized spacial score (nSPS) is 11.2. The zero-order valence-corrected chi connectivity index (χ0v) is 15.0. The monoisotopic (exact) mass is 358 g/mol. The number of hydrogen-bond donors (Lipinski definition) is 2. The Kier molecular flexibility index (Phi) is 21.9. The summed E-state index contributed by atoms with van der Waals surface area (Å²) >= 11 is 8.08. The van der Waals surface area contributed by atoms with Crippen LogP contribution in [-0.4, -0.2) is 90.8 Å². The zero-order valence-electron chi connectivity index (χ0n) is 13.2. The molecule has 0 heterocycles. The van der Waals surface area contributed by atoms with Crippen LogP contribution >= 0.6 is 25.3 Å². The van der Waals surface area contributed by atoms with Crippen LogP contribution in [0.3, 0.4) is 0 Å². The molecular formula is C14H30O6S2. The molecule has 0 aliphatic rings. The second-order valence-electron chi connectivity index (χ2n) is 4.12. The molecule has 0 aromatic heterocycles. The SMILES string of the molecule is SCCOCCOCCOCCOCCOCCOCCS. The van der Waals surface area contributed by atoms with Crippen molar-refractivity contribution >= 4 is 25.3 Å². The Balaban J connectivity index is 2.91. The van der Waals surface area contributed by atoms with E-state index in [2.05, 4.69) is 25.3 Å². The van der Waals surface area contributed by atoms with Crippen LogP contribution in [0.1, 0.15) is 0 Å². The van der Waals surface area contributed by atoms with Crippen LogP contribution in [0.2, 0.25) is 0 Å². The van der Waals surface area contributed by atoms with Crippen LogP contribution in [-0.2, 0) is 28.4 Å². The van der Waals surface area contributed by atoms with Gasteiger partial charge in [-0.05, 0) is 0 Å². The molecule has 0 aromatic carbocycles. The Morgan fingerprint density at radius 3 is 0.682 bits per heavy atom. The van der Waals surface area contributed by atoms with Gasteiger partial charge in [-0.2, -0.15) is 25.3 Å². The summed E-state index contributed by atoms with van der Waals surface area (Å²) in [6, 6.07) is 0. The van der Waals surface area contributed by atoms with E-state index in [4.69, 9.17) is 28.4 Å². The average molecular weight is 359 g/mol. The Morgan fingerprint density at radius 1 is 0.318 bits per heavy atom. The van der Waals surface area contributed by atoms with E-state index in [0.717, 1.165) is 11.5 Å². The van der Waals surface area contributed by atoms with Crippen molar-refractivity contribution in [3.05, 3.63) is 0 Å². The minimum absolute atomic E-state index is 0.560. The van der Waals surface area contributed by atoms with Crippen LogP contribution in [0.4, 0.5) is 0 Å². The van der Waals surface area contributed by atoms with Gasteiger partial charge in [0, 0.05) is 11.5 Å². The summed E-state index contributed by atoms with van der Waals surface area (Å²) in [4.78, 5) is 0. The van der Waals surface area contributed by atoms with E-state index in [0.29, 0.717) is 79.3 Å². The number of ether oxygens (including phenoxy) is 6. The molecule has 0 atom stereocenters. The summed E-state index contributed by atoms with van der Waals surface area (Å²) in [5.74, 6) is 1.47. The van der Waals surface area contributed by atoms with Crippen molar-refractivity contribution in [3.8, 4) is 0 Å². The van der Waals surface area contributed by atoms with Crippen molar-refractivity contribution in [3.63, 3.8) is 0 Å². The predicted molar refractivity (Wildman–Crippen MR) is 92.6 cm³/mol. The zero-order chi connectivity index (χ0) is 16.1. The molecule has 6 nitrogen and oxygen atoms in total. The first kappa shape index (κ1) is 22.5. The van der Waals surface area contributed by atoms with Crippen molar-refractivity contribution in [2.75, 3.05) is 90.8 Å². The van der Waals surface area contributed by atoms with Crippen molar-refractivity contribution in [1.29, 1.82) is 0 Å². The Morgan fingerprint density at radius 2 is 0.500 bits per heavy atom. The van der Waals surface area contributed by atoms with Crippen molar-refractivity contribution < 1.29 is 28.4 Å². The van der Waals surface area contributed by atoms with Crippen molar-refractivity contribution in [2.24, 2.45) is 0 Å². The summed E-state index contributed by atoms with van der Waals surface area (Å²) < 4.78 is 31.8. The molecule has 134 valence electrons. The topological polar surface area (TPSA) is 55.4 Å². The van der Waals surface area contributed by atoms with Gasteiger partial charge in [-0.25, -0.2) is 0 Å². The molecule has 0 rings (SSSR count). The second-order valence-corrected chi connectivity index (χ2v) is 5.02. The van der Waals surface area contributed by atoms with E-state index in [-0.39, 0.29) is 0 Å². The molecule has 8 heteroatoms. The average Bonchev–Trinajstić information content (AvgIpc) is 2.54. The summed E-state index contributed by atoms with van der Waals surface area (Å²) in [5, 5.41) is 0. The maximum Gasteiger partial charge on any atom is 0.0701 e. The maximum absolute atomic E-state index is 5.36. The minimum atomic E-state index is 0.560. The highest BCUT2D eigenvalue weighted by Crippen LogP contribution is 1.85. The van der Waals surface area contributed by atoms with Crippen LogP contribution in [0.15, 0.2) is 0 Å². The molecule has 0 radical (unpaired) electrons. The molecule has 0 aliphatic carbocycles. The fourth-order valence-electron chi connectivity index (χ4n) is 1.33. The van der Waals surface area contributed by atoms with Gasteiger partial charge >= 0.3 is 0 Å². The van der Waals surface area contributed by atoms with E-state index in [1.807, 2.05) is 0 Å². The van der Waals surface area contributed by atoms with Gasteiger partial charge < -0.3 is 28.4 Å². The highest BCUT2D eigenvalue weighted by atomic mass is 32.1. The minimum Gasteiger partial charge on any atom is -0.378 e. The molecule has 0 spiro atoms. The molecule has 0 unspecified atom stereocenters. The first-order valence-corrected chi connectivity index (χ1v) is 8.86. The van der Waals surface area contributed by atoms with Gasteiger partial charge in [0.1, 0.15) is 0 Å². The lowest BCUT2D eigenvalue weighted by Crippen LogP contribution is -2.14. The van der Waals surface area contributed by atoms with Crippen LogP contribution in [0.25, 0.3) is 0 Å². The highest BCUT2D eigenvalue weighted by molar-refractivity contribution is 7.80. The number of thiol groups is 2. The Bertz CT molecular complexity index is 180. The third-order valence-corrected chi connectivity index (χ3v) is 2.70. The number of hydrogen-bond acceptors (Lipinski definition) is 8. The van der Waals surface area contributed by atoms with E-state index in [9.17, 15) is 0 Å². The van der Waals surface area contributed by atoms with Gasteiger partial charge in [0.05, 0.1) is 79.3 Å². The van der Waals surface area contributed by atoms with Gasteiger partial charge in [0.25, 0.3) is 0 Å². The summed E-state index contributed by atoms with van der Waals surface area (Å²) in [6.07, 6.45) is 0. The van der Waals surface area contributed by atoms with Crippen molar-refractivity contribution in [1.82, 2.24) is 0 Å². The molecule has 0 fully saturated rings. The Labute approximate surface area is 144 Å². The van der Waals surface area contributed by atoms with E-state index in [1.165, 1.54) is 0 Å². The van der Waals surface area contributed by atoms with Crippen LogP contribution in [0.5, 0.6) is 0 Å². The van der Waals surface area contributed by atoms with Gasteiger partial charge in [0.2, 0.25) is 0 Å². The maximum atomic E-state index is 5.36. The van der Waals surface area contributed by atoms with Gasteiger partial charge in [0.15, 0.2) is 0 Å². The first-order valence-electron chi connectivity index (χ1n) is 7.60. The third kappa shape index (κ3) is 20.5. The third-order valence-electron chi connectivity index (χ3n) is 2.33. The molecule has 0 bridgehead atoms. The van der Waals surface area contributed by atoms with Gasteiger partial charge in [-0.1, -0.05) is 0 Å². The lowest BCUT2D eigenvalue weighted by molar-refractivity contribution is -0.0154. The molecule has 22 heavy (non-hydrogen) atoms. The smallest absolute Gasteiger partial charge is 0.0701 e. The molecule has 0 saturated heterocycles. The lowest BCUT2D eigenvalue weighted by Gasteiger charge is -2.08. The van der Waals surface area contributed by atoms with Crippen LogP contribution < -0.4 is 0 Å². The highest BCUT2D eigenvalue weighted by Gasteiger charge is 1.93. The number of rotatable bonds is 19. The van der Waals surface area contributed by atoms with E-state index in [1.54, 1.807) is 0 Å². The fourth-order valence-corrected chi connectivity index (χ4v) is 1.59. The largest absolute Gasteiger partial charge is 0.378 e. The van der Waals surface area contributed by atoms with E-state index < -0.39 is 0 Å². The first-order chi connectivity index (χ1) is 10.9. The molecular weight excluding hydrogens is 328 g/mol. The van der Waals surface area contributed by atoms with Gasteiger partial charge in [-0.15, -0.1) is 0 Å². The fraction of sp³-hybridized carbons (Fsp3) is 1.00. The quantitative estimate of drug-likeness (QED) is 0.265. The molecule has 0 N–H and O–H groups in total. The van der Waals surface area contributed by atoms with Crippen molar-refractivity contribution in [2.45, 2.75) is 0 Å². The summed E-state index contributed by atoms with van der Waals surface area (Å²) in [5.41, 5.74) is 0. The van der Waals surface area contributed by atoms with E-state index >= 15 is 0 Å². The second kappa shape index (κ2) is 21.5. The van der Waals surface area contributed by atoms with Crippen LogP contribution in [0, 0.1) is 0 Å². The molecule has 0 saturated carbocycles. The molecule has 0 aliphatic heterocycles. The predicted octanol–water partition coefficient (Wildman–Crippen LogP) is 0.946. The Hall–Kier alpha value is 0.460. The molecule has 0 amide bonds. The van der Waals surface area contributed by atoms with Gasteiger partial charge in [-0.3, -0.25) is 0 Å². The molecule has 0 aromatic rings.